The molecule has 1 aliphatic rings. The molecule has 102 valence electrons. The molecule has 0 saturated carbocycles. The van der Waals surface area contributed by atoms with Crippen LogP contribution in [0.15, 0.2) is 6.20 Å². The van der Waals surface area contributed by atoms with Crippen molar-refractivity contribution in [1.82, 2.24) is 15.1 Å². The molecular weight excluding hydrogens is 250 g/mol. The largest absolute Gasteiger partial charge is 0.376 e. The monoisotopic (exact) mass is 271 g/mol. The van der Waals surface area contributed by atoms with Crippen LogP contribution in [0.2, 0.25) is 5.02 Å². The maximum Gasteiger partial charge on any atom is 0.0835 e. The Hall–Kier alpha value is -0.580. The van der Waals surface area contributed by atoms with Crippen LogP contribution in [-0.2, 0) is 11.3 Å². The maximum atomic E-state index is 6.29. The van der Waals surface area contributed by atoms with Crippen molar-refractivity contribution in [3.63, 3.8) is 0 Å². The number of ether oxygens (including phenoxy) is 1. The first-order chi connectivity index (χ1) is 8.77. The molecular formula is C13H22ClN3O. The van der Waals surface area contributed by atoms with Crippen molar-refractivity contribution >= 4 is 11.6 Å². The van der Waals surface area contributed by atoms with Crippen LogP contribution in [0.25, 0.3) is 0 Å². The first-order valence-corrected chi connectivity index (χ1v) is 7.21. The predicted octanol–water partition coefficient (Wildman–Crippen LogP) is 2.78. The van der Waals surface area contributed by atoms with Crippen LogP contribution < -0.4 is 5.32 Å². The zero-order valence-electron chi connectivity index (χ0n) is 11.2. The highest BCUT2D eigenvalue weighted by Gasteiger charge is 2.29. The highest BCUT2D eigenvalue weighted by Crippen LogP contribution is 2.30. The molecule has 1 aromatic rings. The van der Waals surface area contributed by atoms with E-state index in [9.17, 15) is 0 Å². The molecule has 2 heterocycles. The molecule has 1 saturated heterocycles. The lowest BCUT2D eigenvalue weighted by atomic mass is 9.99. The van der Waals surface area contributed by atoms with E-state index in [-0.39, 0.29) is 12.1 Å². The van der Waals surface area contributed by atoms with Gasteiger partial charge in [-0.2, -0.15) is 5.10 Å². The number of hydrogen-bond donors (Lipinski definition) is 1. The van der Waals surface area contributed by atoms with Gasteiger partial charge in [0.15, 0.2) is 0 Å². The molecule has 1 aromatic heterocycles. The smallest absolute Gasteiger partial charge is 0.0835 e. The van der Waals surface area contributed by atoms with Crippen molar-refractivity contribution in [2.45, 2.75) is 51.8 Å². The number of hydrogen-bond acceptors (Lipinski definition) is 3. The second-order valence-electron chi connectivity index (χ2n) is 4.63. The zero-order chi connectivity index (χ0) is 13.0. The Morgan fingerprint density at radius 2 is 2.39 bits per heavy atom. The first-order valence-electron chi connectivity index (χ1n) is 6.84. The highest BCUT2D eigenvalue weighted by atomic mass is 35.5. The molecule has 18 heavy (non-hydrogen) atoms. The van der Waals surface area contributed by atoms with E-state index >= 15 is 0 Å². The van der Waals surface area contributed by atoms with Gasteiger partial charge < -0.3 is 10.1 Å². The minimum atomic E-state index is 0.144. The summed E-state index contributed by atoms with van der Waals surface area (Å²) < 4.78 is 7.87. The van der Waals surface area contributed by atoms with Crippen molar-refractivity contribution in [2.24, 2.45) is 0 Å². The molecule has 0 amide bonds. The van der Waals surface area contributed by atoms with Gasteiger partial charge in [0.2, 0.25) is 0 Å². The quantitative estimate of drug-likeness (QED) is 0.895. The number of likely N-dealkylation sites (N-methyl/N-ethyl adjacent to an activating group) is 1. The zero-order valence-corrected chi connectivity index (χ0v) is 11.9. The van der Waals surface area contributed by atoms with Gasteiger partial charge in [-0.1, -0.05) is 18.5 Å². The second-order valence-corrected chi connectivity index (χ2v) is 5.04. The van der Waals surface area contributed by atoms with Crippen molar-refractivity contribution in [1.29, 1.82) is 0 Å². The Kier molecular flexibility index (Phi) is 5.03. The molecule has 5 heteroatoms. The van der Waals surface area contributed by atoms with Crippen LogP contribution >= 0.6 is 11.6 Å². The Bertz CT molecular complexity index is 374. The average Bonchev–Trinajstić information content (AvgIpc) is 2.78. The van der Waals surface area contributed by atoms with Crippen LogP contribution in [-0.4, -0.2) is 29.0 Å². The summed E-state index contributed by atoms with van der Waals surface area (Å²) in [5.41, 5.74) is 1.06. The van der Waals surface area contributed by atoms with E-state index in [0.717, 1.165) is 43.3 Å². The maximum absolute atomic E-state index is 6.29. The fraction of sp³-hybridized carbons (Fsp3) is 0.769. The van der Waals surface area contributed by atoms with Crippen LogP contribution in [0.4, 0.5) is 0 Å². The van der Waals surface area contributed by atoms with Crippen LogP contribution in [0.1, 0.15) is 44.8 Å². The number of aromatic nitrogens is 2. The molecule has 4 nitrogen and oxygen atoms in total. The van der Waals surface area contributed by atoms with Gasteiger partial charge in [-0.25, -0.2) is 0 Å². The predicted molar refractivity (Wildman–Crippen MR) is 72.9 cm³/mol. The standard InChI is InChI=1S/C13H22ClN3O/c1-3-15-12(11-7-5-6-8-18-11)13-10(14)9-16-17(13)4-2/h9,11-12,15H,3-8H2,1-2H3. The fourth-order valence-corrected chi connectivity index (χ4v) is 2.84. The third-order valence-corrected chi connectivity index (χ3v) is 3.73. The SMILES string of the molecule is CCNC(c1c(Cl)cnn1CC)C1CCCCO1. The minimum Gasteiger partial charge on any atom is -0.376 e. The summed E-state index contributed by atoms with van der Waals surface area (Å²) in [4.78, 5) is 0. The second kappa shape index (κ2) is 6.55. The third kappa shape index (κ3) is 2.87. The van der Waals surface area contributed by atoms with Gasteiger partial charge in [-0.15, -0.1) is 0 Å². The lowest BCUT2D eigenvalue weighted by Crippen LogP contribution is -2.37. The molecule has 2 atom stereocenters. The van der Waals surface area contributed by atoms with E-state index in [2.05, 4.69) is 24.3 Å². The molecule has 0 aromatic carbocycles. The highest BCUT2D eigenvalue weighted by molar-refractivity contribution is 6.31. The molecule has 0 spiro atoms. The first kappa shape index (κ1) is 13.8. The summed E-state index contributed by atoms with van der Waals surface area (Å²) in [6.07, 6.45) is 5.41. The summed E-state index contributed by atoms with van der Waals surface area (Å²) in [7, 11) is 0. The van der Waals surface area contributed by atoms with Gasteiger partial charge in [0.1, 0.15) is 0 Å². The number of halogens is 1. The molecule has 1 fully saturated rings. The molecule has 1 aliphatic heterocycles. The topological polar surface area (TPSA) is 39.1 Å². The van der Waals surface area contributed by atoms with Crippen molar-refractivity contribution < 1.29 is 4.74 Å². The summed E-state index contributed by atoms with van der Waals surface area (Å²) in [5.74, 6) is 0. The van der Waals surface area contributed by atoms with Crippen molar-refractivity contribution in [3.8, 4) is 0 Å². The Labute approximate surface area is 114 Å². The van der Waals surface area contributed by atoms with E-state index in [1.54, 1.807) is 6.20 Å². The van der Waals surface area contributed by atoms with Crippen LogP contribution in [0.3, 0.4) is 0 Å². The van der Waals surface area contributed by atoms with E-state index in [4.69, 9.17) is 16.3 Å². The van der Waals surface area contributed by atoms with E-state index in [1.165, 1.54) is 6.42 Å². The van der Waals surface area contributed by atoms with Gasteiger partial charge in [0, 0.05) is 13.2 Å². The fourth-order valence-electron chi connectivity index (χ4n) is 2.59. The van der Waals surface area contributed by atoms with E-state index in [1.807, 2.05) is 4.68 Å². The Morgan fingerprint density at radius 1 is 1.56 bits per heavy atom. The van der Waals surface area contributed by atoms with Crippen molar-refractivity contribution in [3.05, 3.63) is 16.9 Å². The normalized spacial score (nSPS) is 22.1. The number of rotatable bonds is 5. The van der Waals surface area contributed by atoms with Gasteiger partial charge in [0.05, 0.1) is 29.1 Å². The van der Waals surface area contributed by atoms with Gasteiger partial charge in [0.25, 0.3) is 0 Å². The molecule has 2 rings (SSSR count). The van der Waals surface area contributed by atoms with Gasteiger partial charge in [-0.3, -0.25) is 4.68 Å². The minimum absolute atomic E-state index is 0.144. The van der Waals surface area contributed by atoms with Gasteiger partial charge >= 0.3 is 0 Å². The number of aryl methyl sites for hydroxylation is 1. The number of nitrogens with zero attached hydrogens (tertiary/aromatic N) is 2. The Morgan fingerprint density at radius 3 is 3.00 bits per heavy atom. The molecule has 0 bridgehead atoms. The molecule has 0 aliphatic carbocycles. The van der Waals surface area contributed by atoms with Gasteiger partial charge in [-0.05, 0) is 32.7 Å². The Balaban J connectivity index is 2.24. The summed E-state index contributed by atoms with van der Waals surface area (Å²) in [6, 6.07) is 0.144. The van der Waals surface area contributed by atoms with E-state index < -0.39 is 0 Å². The lowest BCUT2D eigenvalue weighted by Gasteiger charge is -2.31. The lowest BCUT2D eigenvalue weighted by molar-refractivity contribution is -0.00962. The molecule has 0 radical (unpaired) electrons. The van der Waals surface area contributed by atoms with Crippen LogP contribution in [0, 0.1) is 0 Å². The van der Waals surface area contributed by atoms with E-state index in [0.29, 0.717) is 0 Å². The molecule has 2 unspecified atom stereocenters. The van der Waals surface area contributed by atoms with Crippen molar-refractivity contribution in [2.75, 3.05) is 13.2 Å². The van der Waals surface area contributed by atoms with Crippen LogP contribution in [0.5, 0.6) is 0 Å². The summed E-state index contributed by atoms with van der Waals surface area (Å²) in [5, 5.41) is 8.55. The third-order valence-electron chi connectivity index (χ3n) is 3.44. The summed E-state index contributed by atoms with van der Waals surface area (Å²) >= 11 is 6.29. The average molecular weight is 272 g/mol. The molecule has 1 N–H and O–H groups in total. The number of nitrogens with one attached hydrogen (secondary N) is 1. The summed E-state index contributed by atoms with van der Waals surface area (Å²) in [6.45, 7) is 6.77.